The molecule has 0 aromatic heterocycles. The molecule has 2 N–H and O–H groups in total. The lowest BCUT2D eigenvalue weighted by atomic mass is 10.2. The van der Waals surface area contributed by atoms with E-state index in [1.54, 1.807) is 0 Å². The first-order chi connectivity index (χ1) is 8.99. The van der Waals surface area contributed by atoms with Crippen LogP contribution in [0.2, 0.25) is 0 Å². The van der Waals surface area contributed by atoms with E-state index in [0.717, 1.165) is 4.90 Å². The zero-order valence-corrected chi connectivity index (χ0v) is 10.3. The van der Waals surface area contributed by atoms with Crippen LogP contribution in [0.1, 0.15) is 12.8 Å². The number of carbonyl (C=O) groups is 4. The Labute approximate surface area is 109 Å². The Morgan fingerprint density at radius 3 is 2.68 bits per heavy atom. The molecule has 2 heterocycles. The quantitative estimate of drug-likeness (QED) is 0.617. The van der Waals surface area contributed by atoms with Crippen molar-refractivity contribution in [2.24, 2.45) is 0 Å². The number of amides is 3. The zero-order valence-electron chi connectivity index (χ0n) is 10.3. The molecule has 104 valence electrons. The number of aliphatic carboxylic acids is 1. The van der Waals surface area contributed by atoms with E-state index in [1.807, 2.05) is 0 Å². The second-order valence-electron chi connectivity index (χ2n) is 4.60. The number of rotatable bonds is 3. The number of hydrogen-bond acceptors (Lipinski definition) is 4. The van der Waals surface area contributed by atoms with Crippen LogP contribution >= 0.6 is 0 Å². The number of carbonyl (C=O) groups excluding carboxylic acids is 3. The third kappa shape index (κ3) is 2.83. The third-order valence-electron chi connectivity index (χ3n) is 3.29. The summed E-state index contributed by atoms with van der Waals surface area (Å²) in [4.78, 5) is 48.2. The molecule has 2 rings (SSSR count). The molecule has 0 aromatic rings. The normalized spacial score (nSPS) is 23.5. The highest BCUT2D eigenvalue weighted by molar-refractivity contribution is 5.93. The van der Waals surface area contributed by atoms with E-state index < -0.39 is 23.8 Å². The Kier molecular flexibility index (Phi) is 3.68. The number of piperazine rings is 1. The van der Waals surface area contributed by atoms with E-state index in [-0.39, 0.29) is 25.5 Å². The maximum atomic E-state index is 12.0. The summed E-state index contributed by atoms with van der Waals surface area (Å²) in [5.41, 5.74) is 0. The molecule has 3 amide bonds. The molecule has 19 heavy (non-hydrogen) atoms. The molecular weight excluding hydrogens is 254 g/mol. The summed E-state index contributed by atoms with van der Waals surface area (Å²) in [6.07, 6.45) is 1.12. The first-order valence-corrected chi connectivity index (χ1v) is 6.06. The van der Waals surface area contributed by atoms with Crippen LogP contribution in [0.4, 0.5) is 0 Å². The predicted molar refractivity (Wildman–Crippen MR) is 62.0 cm³/mol. The highest BCUT2D eigenvalue weighted by Crippen LogP contribution is 2.11. The Hall–Kier alpha value is -2.12. The fraction of sp³-hybridized carbons (Fsp3) is 0.636. The highest BCUT2D eigenvalue weighted by Gasteiger charge is 2.36. The molecule has 0 aromatic carbocycles. The van der Waals surface area contributed by atoms with Crippen molar-refractivity contribution in [3.63, 3.8) is 0 Å². The second-order valence-corrected chi connectivity index (χ2v) is 4.60. The van der Waals surface area contributed by atoms with Crippen molar-refractivity contribution in [2.45, 2.75) is 18.9 Å². The minimum atomic E-state index is -1.17. The van der Waals surface area contributed by atoms with Gasteiger partial charge in [0.2, 0.25) is 17.7 Å². The molecular formula is C11H15N3O5. The van der Waals surface area contributed by atoms with Crippen molar-refractivity contribution in [3.8, 4) is 0 Å². The molecule has 0 aliphatic carbocycles. The van der Waals surface area contributed by atoms with E-state index in [0.29, 0.717) is 19.4 Å². The Morgan fingerprint density at radius 1 is 1.37 bits per heavy atom. The van der Waals surface area contributed by atoms with Crippen molar-refractivity contribution < 1.29 is 24.3 Å². The Morgan fingerprint density at radius 2 is 2.11 bits per heavy atom. The van der Waals surface area contributed by atoms with Gasteiger partial charge >= 0.3 is 5.97 Å². The molecule has 8 heteroatoms. The third-order valence-corrected chi connectivity index (χ3v) is 3.29. The maximum Gasteiger partial charge on any atom is 0.328 e. The SMILES string of the molecule is O=C1CN(C(=O)CN2CCCC2=O)C(C(=O)O)CN1. The van der Waals surface area contributed by atoms with Crippen LogP contribution in [-0.4, -0.2) is 70.8 Å². The summed E-state index contributed by atoms with van der Waals surface area (Å²) < 4.78 is 0. The van der Waals surface area contributed by atoms with Crippen LogP contribution in [0, 0.1) is 0 Å². The summed E-state index contributed by atoms with van der Waals surface area (Å²) in [6.45, 7) is -0.0378. The van der Waals surface area contributed by atoms with Crippen LogP contribution in [-0.2, 0) is 19.2 Å². The standard InChI is InChI=1S/C11H15N3O5/c15-8-5-14(7(4-12-8)11(18)19)10(17)6-13-3-1-2-9(13)16/h7H,1-6H2,(H,12,15)(H,18,19). The maximum absolute atomic E-state index is 12.0. The van der Waals surface area contributed by atoms with Gasteiger partial charge in [0.25, 0.3) is 0 Å². The topological polar surface area (TPSA) is 107 Å². The van der Waals surface area contributed by atoms with Crippen LogP contribution in [0.25, 0.3) is 0 Å². The monoisotopic (exact) mass is 269 g/mol. The number of likely N-dealkylation sites (tertiary alicyclic amines) is 1. The van der Waals surface area contributed by atoms with Crippen molar-refractivity contribution in [3.05, 3.63) is 0 Å². The number of carboxylic acids is 1. The van der Waals surface area contributed by atoms with Crippen LogP contribution in [0.15, 0.2) is 0 Å². The summed E-state index contributed by atoms with van der Waals surface area (Å²) in [5.74, 6) is -2.17. The summed E-state index contributed by atoms with van der Waals surface area (Å²) >= 11 is 0. The number of nitrogens with one attached hydrogen (secondary N) is 1. The van der Waals surface area contributed by atoms with Gasteiger partial charge in [-0.1, -0.05) is 0 Å². The van der Waals surface area contributed by atoms with E-state index in [2.05, 4.69) is 5.32 Å². The lowest BCUT2D eigenvalue weighted by Crippen LogP contribution is -2.60. The van der Waals surface area contributed by atoms with Crippen molar-refractivity contribution >= 4 is 23.7 Å². The molecule has 2 aliphatic rings. The van der Waals surface area contributed by atoms with E-state index >= 15 is 0 Å². The number of hydrogen-bond donors (Lipinski definition) is 2. The Bertz CT molecular complexity index is 436. The largest absolute Gasteiger partial charge is 0.480 e. The molecule has 0 radical (unpaired) electrons. The minimum absolute atomic E-state index is 0.103. The zero-order chi connectivity index (χ0) is 14.0. The average Bonchev–Trinajstić information content (AvgIpc) is 2.74. The van der Waals surface area contributed by atoms with Gasteiger partial charge in [0, 0.05) is 19.5 Å². The van der Waals surface area contributed by atoms with Gasteiger partial charge in [-0.3, -0.25) is 14.4 Å². The molecule has 2 fully saturated rings. The van der Waals surface area contributed by atoms with Crippen molar-refractivity contribution in [1.29, 1.82) is 0 Å². The molecule has 0 bridgehead atoms. The van der Waals surface area contributed by atoms with Gasteiger partial charge in [-0.15, -0.1) is 0 Å². The van der Waals surface area contributed by atoms with E-state index in [4.69, 9.17) is 5.11 Å². The Balaban J connectivity index is 2.04. The van der Waals surface area contributed by atoms with Gasteiger partial charge < -0.3 is 20.2 Å². The van der Waals surface area contributed by atoms with Gasteiger partial charge in [0.15, 0.2) is 0 Å². The van der Waals surface area contributed by atoms with Gasteiger partial charge in [-0.05, 0) is 6.42 Å². The molecule has 1 unspecified atom stereocenters. The smallest absolute Gasteiger partial charge is 0.328 e. The van der Waals surface area contributed by atoms with Crippen LogP contribution in [0.5, 0.6) is 0 Å². The molecule has 1 atom stereocenters. The van der Waals surface area contributed by atoms with Crippen molar-refractivity contribution in [2.75, 3.05) is 26.2 Å². The van der Waals surface area contributed by atoms with Crippen molar-refractivity contribution in [1.82, 2.24) is 15.1 Å². The fourth-order valence-electron chi connectivity index (χ4n) is 2.25. The van der Waals surface area contributed by atoms with Crippen LogP contribution < -0.4 is 5.32 Å². The summed E-state index contributed by atoms with van der Waals surface area (Å²) in [6, 6.07) is -1.07. The summed E-state index contributed by atoms with van der Waals surface area (Å²) in [5, 5.41) is 11.4. The molecule has 8 nitrogen and oxygen atoms in total. The molecule has 0 spiro atoms. The summed E-state index contributed by atoms with van der Waals surface area (Å²) in [7, 11) is 0. The van der Waals surface area contributed by atoms with E-state index in [1.165, 1.54) is 4.90 Å². The fourth-order valence-corrected chi connectivity index (χ4v) is 2.25. The predicted octanol–water partition coefficient (Wildman–Crippen LogP) is -1.98. The second kappa shape index (κ2) is 5.25. The number of carboxylic acid groups (broad SMARTS) is 1. The van der Waals surface area contributed by atoms with Gasteiger partial charge in [0.05, 0.1) is 6.54 Å². The van der Waals surface area contributed by atoms with Gasteiger partial charge in [-0.25, -0.2) is 4.79 Å². The minimum Gasteiger partial charge on any atom is -0.480 e. The van der Waals surface area contributed by atoms with E-state index in [9.17, 15) is 19.2 Å². The highest BCUT2D eigenvalue weighted by atomic mass is 16.4. The first kappa shape index (κ1) is 13.3. The molecule has 2 aliphatic heterocycles. The molecule has 0 saturated carbocycles. The molecule has 2 saturated heterocycles. The average molecular weight is 269 g/mol. The van der Waals surface area contributed by atoms with Gasteiger partial charge in [-0.2, -0.15) is 0 Å². The lowest BCUT2D eigenvalue weighted by Gasteiger charge is -2.33. The lowest BCUT2D eigenvalue weighted by molar-refractivity contribution is -0.154. The van der Waals surface area contributed by atoms with Gasteiger partial charge in [0.1, 0.15) is 12.6 Å². The number of nitrogens with zero attached hydrogens (tertiary/aromatic N) is 2. The van der Waals surface area contributed by atoms with Crippen LogP contribution in [0.3, 0.4) is 0 Å². The first-order valence-electron chi connectivity index (χ1n) is 6.06.